The molecule has 102 valence electrons. The fourth-order valence-electron chi connectivity index (χ4n) is 1.74. The summed E-state index contributed by atoms with van der Waals surface area (Å²) < 4.78 is 10.8. The average Bonchev–Trinajstić information content (AvgIpc) is 2.88. The molecule has 0 aliphatic carbocycles. The molecule has 1 heterocycles. The summed E-state index contributed by atoms with van der Waals surface area (Å²) in [5.41, 5.74) is 0.858. The summed E-state index contributed by atoms with van der Waals surface area (Å²) in [6.07, 6.45) is 0.709. The summed E-state index contributed by atoms with van der Waals surface area (Å²) >= 11 is 0. The minimum Gasteiger partial charge on any atom is -0.493 e. The molecule has 0 amide bonds. The SMILES string of the molecule is CCOc1ccccc1-c1noc(CC(C)NC)n1. The predicted molar refractivity (Wildman–Crippen MR) is 73.1 cm³/mol. The van der Waals surface area contributed by atoms with Crippen LogP contribution in [0.5, 0.6) is 5.75 Å². The van der Waals surface area contributed by atoms with E-state index in [0.717, 1.165) is 11.3 Å². The number of ether oxygens (including phenoxy) is 1. The van der Waals surface area contributed by atoms with Crippen LogP contribution in [0.4, 0.5) is 0 Å². The summed E-state index contributed by atoms with van der Waals surface area (Å²) in [7, 11) is 1.91. The Kier molecular flexibility index (Phi) is 4.52. The number of rotatable bonds is 6. The number of benzene rings is 1. The third kappa shape index (κ3) is 3.32. The zero-order chi connectivity index (χ0) is 13.7. The fraction of sp³-hybridized carbons (Fsp3) is 0.429. The molecule has 19 heavy (non-hydrogen) atoms. The van der Waals surface area contributed by atoms with Crippen molar-refractivity contribution < 1.29 is 9.26 Å². The molecule has 2 rings (SSSR count). The fourth-order valence-corrected chi connectivity index (χ4v) is 1.74. The molecule has 2 aromatic rings. The summed E-state index contributed by atoms with van der Waals surface area (Å²) in [4.78, 5) is 4.41. The molecular formula is C14H19N3O2. The molecule has 0 saturated heterocycles. The molecular weight excluding hydrogens is 242 g/mol. The van der Waals surface area contributed by atoms with Crippen molar-refractivity contribution in [2.24, 2.45) is 0 Å². The molecule has 0 spiro atoms. The van der Waals surface area contributed by atoms with E-state index in [-0.39, 0.29) is 0 Å². The highest BCUT2D eigenvalue weighted by atomic mass is 16.5. The minimum atomic E-state index is 0.301. The maximum atomic E-state index is 5.57. The Hall–Kier alpha value is -1.88. The van der Waals surface area contributed by atoms with E-state index < -0.39 is 0 Å². The highest BCUT2D eigenvalue weighted by Gasteiger charge is 2.14. The van der Waals surface area contributed by atoms with Gasteiger partial charge < -0.3 is 14.6 Å². The number of nitrogens with zero attached hydrogens (tertiary/aromatic N) is 2. The second-order valence-corrected chi connectivity index (χ2v) is 4.33. The summed E-state index contributed by atoms with van der Waals surface area (Å²) in [5.74, 6) is 1.98. The monoisotopic (exact) mass is 261 g/mol. The minimum absolute atomic E-state index is 0.301. The number of hydrogen-bond donors (Lipinski definition) is 1. The number of likely N-dealkylation sites (N-methyl/N-ethyl adjacent to an activating group) is 1. The van der Waals surface area contributed by atoms with Crippen LogP contribution in [-0.4, -0.2) is 29.8 Å². The van der Waals surface area contributed by atoms with Crippen LogP contribution in [0.3, 0.4) is 0 Å². The van der Waals surface area contributed by atoms with Crippen LogP contribution in [0, 0.1) is 0 Å². The number of aromatic nitrogens is 2. The highest BCUT2D eigenvalue weighted by Crippen LogP contribution is 2.27. The van der Waals surface area contributed by atoms with Crippen molar-refractivity contribution in [2.45, 2.75) is 26.3 Å². The van der Waals surface area contributed by atoms with Crippen LogP contribution >= 0.6 is 0 Å². The molecule has 1 atom stereocenters. The van der Waals surface area contributed by atoms with Crippen molar-refractivity contribution >= 4 is 0 Å². The van der Waals surface area contributed by atoms with Crippen molar-refractivity contribution in [1.82, 2.24) is 15.5 Å². The van der Waals surface area contributed by atoms with Crippen molar-refractivity contribution in [3.63, 3.8) is 0 Å². The van der Waals surface area contributed by atoms with Gasteiger partial charge in [0.1, 0.15) is 5.75 Å². The normalized spacial score (nSPS) is 12.4. The molecule has 1 N–H and O–H groups in total. The standard InChI is InChI=1S/C14H19N3O2/c1-4-18-12-8-6-5-7-11(12)14-16-13(19-17-14)9-10(2)15-3/h5-8,10,15H,4,9H2,1-3H3. The first-order valence-electron chi connectivity index (χ1n) is 6.46. The predicted octanol–water partition coefficient (Wildman–Crippen LogP) is 2.29. The van der Waals surface area contributed by atoms with E-state index in [1.54, 1.807) is 0 Å². The van der Waals surface area contributed by atoms with Gasteiger partial charge in [-0.3, -0.25) is 0 Å². The molecule has 5 nitrogen and oxygen atoms in total. The Bertz CT molecular complexity index is 525. The smallest absolute Gasteiger partial charge is 0.228 e. The summed E-state index contributed by atoms with van der Waals surface area (Å²) in [6.45, 7) is 4.63. The second kappa shape index (κ2) is 6.33. The number of nitrogens with one attached hydrogen (secondary N) is 1. The van der Waals surface area contributed by atoms with E-state index in [4.69, 9.17) is 9.26 Å². The Morgan fingerprint density at radius 3 is 2.89 bits per heavy atom. The lowest BCUT2D eigenvalue weighted by Gasteiger charge is -2.06. The Balaban J connectivity index is 2.22. The average molecular weight is 261 g/mol. The first-order chi connectivity index (χ1) is 9.24. The van der Waals surface area contributed by atoms with Crippen molar-refractivity contribution in [2.75, 3.05) is 13.7 Å². The van der Waals surface area contributed by atoms with Crippen molar-refractivity contribution in [3.05, 3.63) is 30.2 Å². The lowest BCUT2D eigenvalue weighted by molar-refractivity contribution is 0.340. The Morgan fingerprint density at radius 1 is 1.37 bits per heavy atom. The number of para-hydroxylation sites is 1. The summed E-state index contributed by atoms with van der Waals surface area (Å²) in [6, 6.07) is 8.00. The van der Waals surface area contributed by atoms with Crippen molar-refractivity contribution in [1.29, 1.82) is 0 Å². The topological polar surface area (TPSA) is 60.2 Å². The van der Waals surface area contributed by atoms with E-state index in [2.05, 4.69) is 22.4 Å². The quantitative estimate of drug-likeness (QED) is 0.864. The van der Waals surface area contributed by atoms with Gasteiger partial charge in [0.25, 0.3) is 0 Å². The van der Waals surface area contributed by atoms with Gasteiger partial charge in [-0.25, -0.2) is 0 Å². The second-order valence-electron chi connectivity index (χ2n) is 4.33. The van der Waals surface area contributed by atoms with E-state index >= 15 is 0 Å². The first kappa shape index (κ1) is 13.5. The molecule has 0 radical (unpaired) electrons. The number of hydrogen-bond acceptors (Lipinski definition) is 5. The van der Waals surface area contributed by atoms with Gasteiger partial charge in [0, 0.05) is 12.5 Å². The zero-order valence-corrected chi connectivity index (χ0v) is 11.5. The van der Waals surface area contributed by atoms with Crippen LogP contribution in [-0.2, 0) is 6.42 Å². The largest absolute Gasteiger partial charge is 0.493 e. The van der Waals surface area contributed by atoms with Gasteiger partial charge in [-0.1, -0.05) is 17.3 Å². The first-order valence-corrected chi connectivity index (χ1v) is 6.46. The molecule has 0 saturated carbocycles. The van der Waals surface area contributed by atoms with Gasteiger partial charge in [-0.2, -0.15) is 4.98 Å². The molecule has 5 heteroatoms. The van der Waals surface area contributed by atoms with Crippen LogP contribution in [0.15, 0.2) is 28.8 Å². The van der Waals surface area contributed by atoms with Gasteiger partial charge in [0.2, 0.25) is 11.7 Å². The van der Waals surface area contributed by atoms with E-state index in [1.165, 1.54) is 0 Å². The molecule has 0 fully saturated rings. The van der Waals surface area contributed by atoms with Gasteiger partial charge >= 0.3 is 0 Å². The van der Waals surface area contributed by atoms with Crippen LogP contribution in [0.25, 0.3) is 11.4 Å². The van der Waals surface area contributed by atoms with Crippen LogP contribution in [0.2, 0.25) is 0 Å². The van der Waals surface area contributed by atoms with Gasteiger partial charge in [0.15, 0.2) is 0 Å². The molecule has 0 aliphatic heterocycles. The van der Waals surface area contributed by atoms with Crippen LogP contribution in [0.1, 0.15) is 19.7 Å². The Labute approximate surface area is 113 Å². The molecule has 0 aliphatic rings. The molecule has 1 aromatic carbocycles. The molecule has 0 bridgehead atoms. The summed E-state index contributed by atoms with van der Waals surface area (Å²) in [5, 5.41) is 7.16. The van der Waals surface area contributed by atoms with Gasteiger partial charge in [-0.15, -0.1) is 0 Å². The van der Waals surface area contributed by atoms with E-state index in [1.807, 2.05) is 38.2 Å². The highest BCUT2D eigenvalue weighted by molar-refractivity contribution is 5.63. The lowest BCUT2D eigenvalue weighted by atomic mass is 10.2. The molecule has 1 aromatic heterocycles. The van der Waals surface area contributed by atoms with Crippen molar-refractivity contribution in [3.8, 4) is 17.1 Å². The van der Waals surface area contributed by atoms with E-state index in [0.29, 0.717) is 30.8 Å². The maximum absolute atomic E-state index is 5.57. The lowest BCUT2D eigenvalue weighted by Crippen LogP contribution is -2.23. The zero-order valence-electron chi connectivity index (χ0n) is 11.5. The maximum Gasteiger partial charge on any atom is 0.228 e. The third-order valence-corrected chi connectivity index (χ3v) is 2.87. The van der Waals surface area contributed by atoms with Crippen LogP contribution < -0.4 is 10.1 Å². The van der Waals surface area contributed by atoms with Gasteiger partial charge in [0.05, 0.1) is 12.2 Å². The third-order valence-electron chi connectivity index (χ3n) is 2.87. The van der Waals surface area contributed by atoms with E-state index in [9.17, 15) is 0 Å². The molecule has 1 unspecified atom stereocenters. The Morgan fingerprint density at radius 2 is 2.16 bits per heavy atom. The van der Waals surface area contributed by atoms with Gasteiger partial charge in [-0.05, 0) is 33.0 Å².